The summed E-state index contributed by atoms with van der Waals surface area (Å²) in [6.07, 6.45) is 1.51. The summed E-state index contributed by atoms with van der Waals surface area (Å²) >= 11 is 6.26. The van der Waals surface area contributed by atoms with Gasteiger partial charge in [0.05, 0.1) is 50.2 Å². The van der Waals surface area contributed by atoms with Gasteiger partial charge in [-0.25, -0.2) is 14.0 Å². The number of ether oxygens (including phenoxy) is 3. The van der Waals surface area contributed by atoms with Gasteiger partial charge >= 0.3 is 5.97 Å². The number of thiol groups is 1. The molecule has 232 valence electrons. The summed E-state index contributed by atoms with van der Waals surface area (Å²) in [5, 5.41) is 15.3. The summed E-state index contributed by atoms with van der Waals surface area (Å²) in [6, 6.07) is 13.4. The third kappa shape index (κ3) is 9.40. The monoisotopic (exact) mass is 633 g/mol. The van der Waals surface area contributed by atoms with Crippen LogP contribution in [0.25, 0.3) is 0 Å². The van der Waals surface area contributed by atoms with Crippen LogP contribution in [0.1, 0.15) is 0 Å². The van der Waals surface area contributed by atoms with Crippen molar-refractivity contribution in [2.45, 2.75) is 0 Å². The van der Waals surface area contributed by atoms with Crippen LogP contribution < -0.4 is 24.6 Å². The van der Waals surface area contributed by atoms with E-state index < -0.39 is 5.97 Å². The molecule has 0 aliphatic carbocycles. The van der Waals surface area contributed by atoms with Crippen molar-refractivity contribution in [3.63, 3.8) is 0 Å². The summed E-state index contributed by atoms with van der Waals surface area (Å²) < 4.78 is 29.2. The molecule has 0 saturated carbocycles. The Balaban J connectivity index is 1.32. The molecular formula is C28H36ClN7O6S. The van der Waals surface area contributed by atoms with Gasteiger partial charge in [-0.15, -0.1) is 0 Å². The summed E-state index contributed by atoms with van der Waals surface area (Å²) in [5.41, 5.74) is 3.16. The maximum absolute atomic E-state index is 11.4. The summed E-state index contributed by atoms with van der Waals surface area (Å²) in [4.78, 5) is 24.0. The van der Waals surface area contributed by atoms with Crippen LogP contribution in [0.4, 0.5) is 34.5 Å². The average Bonchev–Trinajstić information content (AvgIpc) is 3.02. The number of carboxylic acids is 1. The Hall–Kier alpha value is -3.69. The zero-order chi connectivity index (χ0) is 30.6. The highest BCUT2D eigenvalue weighted by atomic mass is 35.5. The number of nitrogens with zero attached hydrogens (tertiary/aromatic N) is 5. The van der Waals surface area contributed by atoms with Crippen LogP contribution in [-0.2, 0) is 26.1 Å². The Labute approximate surface area is 259 Å². The molecule has 1 aliphatic rings. The molecule has 3 aromatic rings. The molecule has 43 heavy (non-hydrogen) atoms. The molecule has 0 spiro atoms. The van der Waals surface area contributed by atoms with Crippen molar-refractivity contribution < 1.29 is 28.3 Å². The quantitative estimate of drug-likeness (QED) is 0.136. The lowest BCUT2D eigenvalue weighted by molar-refractivity contribution is -0.142. The topological polar surface area (TPSA) is 142 Å². The van der Waals surface area contributed by atoms with Gasteiger partial charge in [0.1, 0.15) is 29.2 Å². The summed E-state index contributed by atoms with van der Waals surface area (Å²) in [7, 11) is 3.33. The Morgan fingerprint density at radius 1 is 1.07 bits per heavy atom. The highest BCUT2D eigenvalue weighted by Gasteiger charge is 2.19. The van der Waals surface area contributed by atoms with Crippen LogP contribution in [0, 0.1) is 0 Å². The molecule has 1 fully saturated rings. The third-order valence-corrected chi connectivity index (χ3v) is 7.43. The van der Waals surface area contributed by atoms with Crippen molar-refractivity contribution >= 4 is 63.9 Å². The van der Waals surface area contributed by atoms with Crippen LogP contribution in [0.2, 0.25) is 5.02 Å². The van der Waals surface area contributed by atoms with Gasteiger partial charge in [0.25, 0.3) is 0 Å². The SMILES string of the molecule is COc1cc(N2CCN(CCOCCOCC(=O)O)CC2)ccc1Nc1ncc(Cl)c(Nc2ccccc2N(C)[SH]=O)n1. The van der Waals surface area contributed by atoms with Crippen molar-refractivity contribution in [3.05, 3.63) is 53.7 Å². The van der Waals surface area contributed by atoms with Gasteiger partial charge in [-0.1, -0.05) is 23.7 Å². The fourth-order valence-electron chi connectivity index (χ4n) is 4.45. The standard InChI is InChI=1S/C28H36ClN7O6S/c1-34(43-39)24-6-4-3-5-22(24)31-27-21(29)18-30-28(33-27)32-23-8-7-20(17-25(23)40-2)36-11-9-35(10-12-36)13-14-41-15-16-42-19-26(37)38/h3-8,17-18,43H,9-16,19H2,1-2H3,(H,37,38)(H2,30,31,32,33). The van der Waals surface area contributed by atoms with E-state index in [1.807, 2.05) is 42.5 Å². The van der Waals surface area contributed by atoms with E-state index in [4.69, 9.17) is 30.9 Å². The number of benzene rings is 2. The second-order valence-corrected chi connectivity index (χ2v) is 10.7. The lowest BCUT2D eigenvalue weighted by Crippen LogP contribution is -2.47. The van der Waals surface area contributed by atoms with Gasteiger partial charge in [0, 0.05) is 51.5 Å². The van der Waals surface area contributed by atoms with E-state index in [1.165, 1.54) is 6.20 Å². The third-order valence-electron chi connectivity index (χ3n) is 6.69. The van der Waals surface area contributed by atoms with E-state index >= 15 is 0 Å². The number of nitrogens with one attached hydrogen (secondary N) is 2. The van der Waals surface area contributed by atoms with Crippen molar-refractivity contribution in [2.75, 3.05) is 93.1 Å². The maximum atomic E-state index is 11.4. The van der Waals surface area contributed by atoms with E-state index in [0.717, 1.165) is 44.1 Å². The molecule has 0 atom stereocenters. The number of carboxylic acid groups (broad SMARTS) is 1. The highest BCUT2D eigenvalue weighted by Crippen LogP contribution is 2.34. The number of rotatable bonds is 16. The number of aliphatic carboxylic acids is 1. The highest BCUT2D eigenvalue weighted by molar-refractivity contribution is 7.67. The Morgan fingerprint density at radius 2 is 1.84 bits per heavy atom. The molecular weight excluding hydrogens is 598 g/mol. The molecule has 13 nitrogen and oxygen atoms in total. The van der Waals surface area contributed by atoms with E-state index in [9.17, 15) is 9.00 Å². The largest absolute Gasteiger partial charge is 0.494 e. The predicted octanol–water partition coefficient (Wildman–Crippen LogP) is 3.16. The number of hydrogen-bond donors (Lipinski definition) is 4. The van der Waals surface area contributed by atoms with Crippen LogP contribution in [0.15, 0.2) is 48.7 Å². The molecule has 2 aromatic carbocycles. The molecule has 0 radical (unpaired) electrons. The number of anilines is 6. The first kappa shape index (κ1) is 32.2. The van der Waals surface area contributed by atoms with Gasteiger partial charge < -0.3 is 34.9 Å². The Kier molecular flexibility index (Phi) is 12.2. The zero-order valence-corrected chi connectivity index (χ0v) is 25.7. The fourth-order valence-corrected chi connectivity index (χ4v) is 4.85. The van der Waals surface area contributed by atoms with Crippen molar-refractivity contribution in [1.29, 1.82) is 0 Å². The minimum absolute atomic E-state index is 0.141. The molecule has 0 bridgehead atoms. The molecule has 4 rings (SSSR count). The van der Waals surface area contributed by atoms with E-state index in [2.05, 4.69) is 30.4 Å². The smallest absolute Gasteiger partial charge is 0.329 e. The first-order chi connectivity index (χ1) is 20.9. The molecule has 0 unspecified atom stereocenters. The number of para-hydroxylation sites is 2. The van der Waals surface area contributed by atoms with Gasteiger partial charge in [0.2, 0.25) is 5.95 Å². The lowest BCUT2D eigenvalue weighted by atomic mass is 10.2. The molecule has 3 N–H and O–H groups in total. The van der Waals surface area contributed by atoms with Crippen molar-refractivity contribution in [3.8, 4) is 5.75 Å². The minimum Gasteiger partial charge on any atom is -0.494 e. The van der Waals surface area contributed by atoms with Crippen molar-refractivity contribution in [2.24, 2.45) is 0 Å². The fraction of sp³-hybridized carbons (Fsp3) is 0.393. The van der Waals surface area contributed by atoms with Gasteiger partial charge in [0.15, 0.2) is 5.82 Å². The minimum atomic E-state index is -0.983. The van der Waals surface area contributed by atoms with E-state index in [-0.39, 0.29) is 25.1 Å². The molecule has 15 heteroatoms. The number of halogens is 1. The van der Waals surface area contributed by atoms with Gasteiger partial charge in [-0.3, -0.25) is 9.21 Å². The van der Waals surface area contributed by atoms with Gasteiger partial charge in [-0.2, -0.15) is 4.98 Å². The van der Waals surface area contributed by atoms with Crippen molar-refractivity contribution in [1.82, 2.24) is 14.9 Å². The number of hydrogen-bond acceptors (Lipinski definition) is 11. The average molecular weight is 634 g/mol. The van der Waals surface area contributed by atoms with E-state index in [1.54, 1.807) is 18.5 Å². The van der Waals surface area contributed by atoms with Gasteiger partial charge in [-0.05, 0) is 24.3 Å². The maximum Gasteiger partial charge on any atom is 0.329 e. The number of aromatic nitrogens is 2. The second kappa shape index (κ2) is 16.2. The van der Waals surface area contributed by atoms with E-state index in [0.29, 0.717) is 47.1 Å². The number of carbonyl (C=O) groups is 1. The Bertz CT molecular complexity index is 1380. The van der Waals surface area contributed by atoms with Crippen LogP contribution in [0.3, 0.4) is 0 Å². The molecule has 1 aromatic heterocycles. The summed E-state index contributed by atoms with van der Waals surface area (Å²) in [6.45, 7) is 5.20. The normalized spacial score (nSPS) is 13.5. The second-order valence-electron chi connectivity index (χ2n) is 9.53. The lowest BCUT2D eigenvalue weighted by Gasteiger charge is -2.36. The summed E-state index contributed by atoms with van der Waals surface area (Å²) in [5.74, 6) is 0.389. The molecule has 1 saturated heterocycles. The predicted molar refractivity (Wildman–Crippen MR) is 169 cm³/mol. The Morgan fingerprint density at radius 3 is 2.58 bits per heavy atom. The molecule has 0 amide bonds. The molecule has 1 aliphatic heterocycles. The number of piperazine rings is 1. The van der Waals surface area contributed by atoms with Crippen LogP contribution in [-0.4, -0.2) is 103 Å². The molecule has 2 heterocycles. The first-order valence-electron chi connectivity index (χ1n) is 13.6. The first-order valence-corrected chi connectivity index (χ1v) is 14.8. The zero-order valence-electron chi connectivity index (χ0n) is 24.0. The van der Waals surface area contributed by atoms with Crippen LogP contribution >= 0.6 is 11.6 Å². The number of methoxy groups -OCH3 is 1. The van der Waals surface area contributed by atoms with Crippen LogP contribution in [0.5, 0.6) is 5.75 Å².